The second-order valence-corrected chi connectivity index (χ2v) is 11.3. The summed E-state index contributed by atoms with van der Waals surface area (Å²) in [4.78, 5) is 15.6. The molecule has 4 heteroatoms. The fourth-order valence-corrected chi connectivity index (χ4v) is 4.41. The van der Waals surface area contributed by atoms with Crippen molar-refractivity contribution in [2.45, 2.75) is 77.8 Å². The first-order chi connectivity index (χ1) is 14.9. The molecule has 2 N–H and O–H groups in total. The molecule has 0 unspecified atom stereocenters. The number of rotatable bonds is 6. The Kier molecular flexibility index (Phi) is 7.46. The quantitative estimate of drug-likeness (QED) is 0.593. The molecular formula is C28H40N2O2. The molecule has 0 amide bonds. The number of carbonyl (C=O) groups is 1. The summed E-state index contributed by atoms with van der Waals surface area (Å²) in [7, 11) is 0. The Morgan fingerprint density at radius 3 is 2.00 bits per heavy atom. The van der Waals surface area contributed by atoms with Crippen LogP contribution in [-0.2, 0) is 17.4 Å². The topological polar surface area (TPSA) is 52.6 Å². The van der Waals surface area contributed by atoms with Crippen LogP contribution in [0.3, 0.4) is 0 Å². The van der Waals surface area contributed by atoms with Crippen molar-refractivity contribution in [1.82, 2.24) is 10.2 Å². The molecule has 0 radical (unpaired) electrons. The number of ketones is 1. The minimum atomic E-state index is -0.237. The second kappa shape index (κ2) is 9.76. The number of hydrogen-bond acceptors (Lipinski definition) is 4. The maximum absolute atomic E-state index is 13.1. The van der Waals surface area contributed by atoms with Crippen molar-refractivity contribution in [3.05, 3.63) is 64.7 Å². The maximum atomic E-state index is 13.1. The van der Waals surface area contributed by atoms with Gasteiger partial charge in [0.2, 0.25) is 0 Å². The third kappa shape index (κ3) is 6.20. The fraction of sp³-hybridized carbons (Fsp3) is 0.536. The number of phenols is 1. The van der Waals surface area contributed by atoms with E-state index in [1.165, 1.54) is 5.56 Å². The van der Waals surface area contributed by atoms with Gasteiger partial charge in [-0.3, -0.25) is 9.69 Å². The minimum Gasteiger partial charge on any atom is -0.507 e. The van der Waals surface area contributed by atoms with Crippen molar-refractivity contribution in [2.75, 3.05) is 19.6 Å². The van der Waals surface area contributed by atoms with Gasteiger partial charge in [-0.15, -0.1) is 0 Å². The molecular weight excluding hydrogens is 396 g/mol. The number of phenolic OH excluding ortho intramolecular Hbond substituents is 1. The van der Waals surface area contributed by atoms with E-state index in [9.17, 15) is 9.90 Å². The first-order valence-electron chi connectivity index (χ1n) is 11.9. The highest BCUT2D eigenvalue weighted by molar-refractivity contribution is 5.98. The molecule has 1 aliphatic heterocycles. The summed E-state index contributed by atoms with van der Waals surface area (Å²) in [5.74, 6) is 0.410. The van der Waals surface area contributed by atoms with E-state index in [-0.39, 0.29) is 16.6 Å². The lowest BCUT2D eigenvalue weighted by Gasteiger charge is -2.32. The highest BCUT2D eigenvalue weighted by Gasteiger charge is 2.28. The summed E-state index contributed by atoms with van der Waals surface area (Å²) in [6.45, 7) is 15.9. The van der Waals surface area contributed by atoms with Crippen LogP contribution < -0.4 is 5.32 Å². The van der Waals surface area contributed by atoms with Crippen molar-refractivity contribution in [3.63, 3.8) is 0 Å². The molecule has 2 aromatic rings. The molecule has 0 saturated carbocycles. The average molecular weight is 437 g/mol. The van der Waals surface area contributed by atoms with Gasteiger partial charge < -0.3 is 10.4 Å². The van der Waals surface area contributed by atoms with Gasteiger partial charge in [0.25, 0.3) is 0 Å². The van der Waals surface area contributed by atoms with Crippen LogP contribution in [0, 0.1) is 0 Å². The lowest BCUT2D eigenvalue weighted by Crippen LogP contribution is -2.43. The average Bonchev–Trinajstić information content (AvgIpc) is 2.72. The van der Waals surface area contributed by atoms with Crippen molar-refractivity contribution in [2.24, 2.45) is 0 Å². The Bertz CT molecular complexity index is 880. The standard InChI is InChI=1S/C28H40N2O2/c1-27(2,3)23-16-21(17-24(26(23)32)28(4,5)6)25(31)18-29-22-12-14-30(15-13-22)19-20-10-8-7-9-11-20/h7-11,16-17,22,29,32H,12-15,18-19H2,1-6H3. The smallest absolute Gasteiger partial charge is 0.176 e. The first-order valence-corrected chi connectivity index (χ1v) is 11.9. The number of Topliss-reactive ketones (excluding diaryl/α,β-unsaturated/α-hetero) is 1. The summed E-state index contributed by atoms with van der Waals surface area (Å²) in [6, 6.07) is 14.7. The summed E-state index contributed by atoms with van der Waals surface area (Å²) < 4.78 is 0. The van der Waals surface area contributed by atoms with E-state index in [0.29, 0.717) is 23.9 Å². The van der Waals surface area contributed by atoms with Gasteiger partial charge in [0.1, 0.15) is 5.75 Å². The van der Waals surface area contributed by atoms with E-state index in [1.54, 1.807) is 0 Å². The zero-order valence-corrected chi connectivity index (χ0v) is 20.7. The van der Waals surface area contributed by atoms with Gasteiger partial charge in [-0.1, -0.05) is 71.9 Å². The van der Waals surface area contributed by atoms with Gasteiger partial charge in [0.15, 0.2) is 5.78 Å². The molecule has 0 aromatic heterocycles. The van der Waals surface area contributed by atoms with Gasteiger partial charge >= 0.3 is 0 Å². The molecule has 3 rings (SSSR count). The fourth-order valence-electron chi connectivity index (χ4n) is 4.41. The van der Waals surface area contributed by atoms with E-state index in [0.717, 1.165) is 43.6 Å². The van der Waals surface area contributed by atoms with Crippen LogP contribution in [0.4, 0.5) is 0 Å². The summed E-state index contributed by atoms with van der Waals surface area (Å²) in [5, 5.41) is 14.4. The van der Waals surface area contributed by atoms with Gasteiger partial charge in [-0.25, -0.2) is 0 Å². The van der Waals surface area contributed by atoms with E-state index >= 15 is 0 Å². The Balaban J connectivity index is 1.62. The highest BCUT2D eigenvalue weighted by atomic mass is 16.3. The number of nitrogens with zero attached hydrogens (tertiary/aromatic N) is 1. The first kappa shape index (κ1) is 24.5. The lowest BCUT2D eigenvalue weighted by molar-refractivity contribution is 0.0979. The monoisotopic (exact) mass is 436 g/mol. The van der Waals surface area contributed by atoms with Gasteiger partial charge in [-0.05, 0) is 54.5 Å². The number of piperidine rings is 1. The van der Waals surface area contributed by atoms with Crippen molar-refractivity contribution in [1.29, 1.82) is 0 Å². The third-order valence-corrected chi connectivity index (χ3v) is 6.44. The zero-order chi connectivity index (χ0) is 23.5. The van der Waals surface area contributed by atoms with Crippen LogP contribution in [0.1, 0.15) is 81.4 Å². The molecule has 0 bridgehead atoms. The summed E-state index contributed by atoms with van der Waals surface area (Å²) in [6.07, 6.45) is 2.10. The zero-order valence-electron chi connectivity index (χ0n) is 20.7. The summed E-state index contributed by atoms with van der Waals surface area (Å²) in [5.41, 5.74) is 3.24. The van der Waals surface area contributed by atoms with Gasteiger partial charge in [-0.2, -0.15) is 0 Å². The number of benzene rings is 2. The SMILES string of the molecule is CC(C)(C)c1cc(C(=O)CNC2CCN(Cc3ccccc3)CC2)cc(C(C)(C)C)c1O. The molecule has 0 aliphatic carbocycles. The largest absolute Gasteiger partial charge is 0.507 e. The van der Waals surface area contributed by atoms with Crippen LogP contribution in [0.25, 0.3) is 0 Å². The molecule has 1 fully saturated rings. The maximum Gasteiger partial charge on any atom is 0.176 e. The van der Waals surface area contributed by atoms with Crippen LogP contribution in [0.2, 0.25) is 0 Å². The normalized spacial score (nSPS) is 16.3. The number of hydrogen-bond donors (Lipinski definition) is 2. The van der Waals surface area contributed by atoms with E-state index < -0.39 is 0 Å². The molecule has 2 aromatic carbocycles. The Labute approximate surface area is 194 Å². The molecule has 4 nitrogen and oxygen atoms in total. The predicted octanol–water partition coefficient (Wildman–Crippen LogP) is 5.42. The predicted molar refractivity (Wildman–Crippen MR) is 133 cm³/mol. The molecule has 1 saturated heterocycles. The Morgan fingerprint density at radius 2 is 1.50 bits per heavy atom. The molecule has 0 atom stereocenters. The molecule has 1 heterocycles. The molecule has 0 spiro atoms. The van der Waals surface area contributed by atoms with E-state index in [2.05, 4.69) is 82.1 Å². The molecule has 32 heavy (non-hydrogen) atoms. The van der Waals surface area contributed by atoms with Crippen molar-refractivity contribution in [3.8, 4) is 5.75 Å². The summed E-state index contributed by atoms with van der Waals surface area (Å²) >= 11 is 0. The number of nitrogens with one attached hydrogen (secondary N) is 1. The molecule has 174 valence electrons. The minimum absolute atomic E-state index is 0.0905. The van der Waals surface area contributed by atoms with Crippen LogP contribution in [0.5, 0.6) is 5.75 Å². The van der Waals surface area contributed by atoms with E-state index in [1.807, 2.05) is 12.1 Å². The Hall–Kier alpha value is -2.17. The van der Waals surface area contributed by atoms with Gasteiger partial charge in [0.05, 0.1) is 6.54 Å². The third-order valence-electron chi connectivity index (χ3n) is 6.44. The number of likely N-dealkylation sites (tertiary alicyclic amines) is 1. The van der Waals surface area contributed by atoms with Gasteiger partial charge in [0, 0.05) is 29.3 Å². The number of aromatic hydroxyl groups is 1. The lowest BCUT2D eigenvalue weighted by atomic mass is 9.78. The van der Waals surface area contributed by atoms with Crippen LogP contribution >= 0.6 is 0 Å². The second-order valence-electron chi connectivity index (χ2n) is 11.3. The Morgan fingerprint density at radius 1 is 0.969 bits per heavy atom. The molecule has 1 aliphatic rings. The van der Waals surface area contributed by atoms with Crippen molar-refractivity contribution >= 4 is 5.78 Å². The van der Waals surface area contributed by atoms with E-state index in [4.69, 9.17) is 0 Å². The van der Waals surface area contributed by atoms with Crippen LogP contribution in [-0.4, -0.2) is 41.5 Å². The van der Waals surface area contributed by atoms with Crippen molar-refractivity contribution < 1.29 is 9.90 Å². The number of carbonyl (C=O) groups excluding carboxylic acids is 1. The van der Waals surface area contributed by atoms with Crippen LogP contribution in [0.15, 0.2) is 42.5 Å². The highest BCUT2D eigenvalue weighted by Crippen LogP contribution is 2.39.